The molecule has 0 aliphatic rings. The lowest BCUT2D eigenvalue weighted by Crippen LogP contribution is -2.17. The first kappa shape index (κ1) is 17.5. The van der Waals surface area contributed by atoms with E-state index in [2.05, 4.69) is 10.5 Å². The van der Waals surface area contributed by atoms with Crippen LogP contribution in [0.15, 0.2) is 41.5 Å². The molecule has 1 amide bonds. The molecule has 3 N–H and O–H groups in total. The number of hydrogen-bond donors (Lipinski definition) is 2. The van der Waals surface area contributed by atoms with Gasteiger partial charge in [0.05, 0.1) is 18.9 Å². The first-order valence-corrected chi connectivity index (χ1v) is 8.56. The molecule has 0 aliphatic heterocycles. The predicted molar refractivity (Wildman–Crippen MR) is 104 cm³/mol. The van der Waals surface area contributed by atoms with E-state index in [1.807, 2.05) is 42.5 Å². The Hall–Kier alpha value is -3.37. The summed E-state index contributed by atoms with van der Waals surface area (Å²) in [5.41, 5.74) is 9.92. The van der Waals surface area contributed by atoms with Gasteiger partial charge in [-0.1, -0.05) is 30.3 Å². The maximum atomic E-state index is 12.3. The Morgan fingerprint density at radius 2 is 2.12 bits per heavy atom. The standard InChI is InChI=1S/C19H16N4O2S/c1-11-14(9-20)18(21)26-17(11)19(24)23-22-10-15-13-6-4-3-5-12(13)7-8-16(15)25-2/h3-8,10H,21H2,1-2H3,(H,23,24). The largest absolute Gasteiger partial charge is 0.496 e. The third kappa shape index (κ3) is 3.10. The van der Waals surface area contributed by atoms with Gasteiger partial charge in [0.25, 0.3) is 5.91 Å². The van der Waals surface area contributed by atoms with Crippen molar-refractivity contribution in [1.82, 2.24) is 5.43 Å². The Morgan fingerprint density at radius 3 is 2.81 bits per heavy atom. The van der Waals surface area contributed by atoms with Crippen LogP contribution in [0.4, 0.5) is 5.00 Å². The number of ether oxygens (including phenoxy) is 1. The number of nitrogens with zero attached hydrogens (tertiary/aromatic N) is 2. The lowest BCUT2D eigenvalue weighted by molar-refractivity contribution is 0.0958. The van der Waals surface area contributed by atoms with Gasteiger partial charge in [0.2, 0.25) is 0 Å². The number of thiophene rings is 1. The highest BCUT2D eigenvalue weighted by Gasteiger charge is 2.18. The number of anilines is 1. The third-order valence-corrected chi connectivity index (χ3v) is 5.12. The number of rotatable bonds is 4. The van der Waals surface area contributed by atoms with E-state index in [-0.39, 0.29) is 0 Å². The molecule has 2 aromatic carbocycles. The lowest BCUT2D eigenvalue weighted by atomic mass is 10.0. The van der Waals surface area contributed by atoms with Gasteiger partial charge < -0.3 is 10.5 Å². The van der Waals surface area contributed by atoms with E-state index in [9.17, 15) is 4.79 Å². The van der Waals surface area contributed by atoms with Crippen LogP contribution in [0.25, 0.3) is 10.8 Å². The van der Waals surface area contributed by atoms with Crippen molar-refractivity contribution >= 4 is 39.2 Å². The number of nitriles is 1. The van der Waals surface area contributed by atoms with Crippen LogP contribution in [-0.4, -0.2) is 19.2 Å². The van der Waals surface area contributed by atoms with E-state index < -0.39 is 5.91 Å². The summed E-state index contributed by atoms with van der Waals surface area (Å²) in [6.07, 6.45) is 1.55. The molecule has 1 heterocycles. The fourth-order valence-electron chi connectivity index (χ4n) is 2.68. The van der Waals surface area contributed by atoms with Gasteiger partial charge in [0, 0.05) is 5.56 Å². The summed E-state index contributed by atoms with van der Waals surface area (Å²) < 4.78 is 5.39. The molecular formula is C19H16N4O2S. The fraction of sp³-hybridized carbons (Fsp3) is 0.105. The van der Waals surface area contributed by atoms with Gasteiger partial charge in [-0.05, 0) is 29.3 Å². The first-order valence-electron chi connectivity index (χ1n) is 7.75. The highest BCUT2D eigenvalue weighted by molar-refractivity contribution is 7.18. The predicted octanol–water partition coefficient (Wildman–Crippen LogP) is 3.44. The van der Waals surface area contributed by atoms with Crippen LogP contribution in [0.3, 0.4) is 0 Å². The van der Waals surface area contributed by atoms with Crippen molar-refractivity contribution < 1.29 is 9.53 Å². The average Bonchev–Trinajstić information content (AvgIpc) is 2.95. The van der Waals surface area contributed by atoms with Crippen molar-refractivity contribution in [2.24, 2.45) is 5.10 Å². The van der Waals surface area contributed by atoms with Gasteiger partial charge in [0.1, 0.15) is 21.7 Å². The van der Waals surface area contributed by atoms with Gasteiger partial charge in [-0.25, -0.2) is 5.43 Å². The number of carbonyl (C=O) groups is 1. The number of methoxy groups -OCH3 is 1. The summed E-state index contributed by atoms with van der Waals surface area (Å²) in [6, 6.07) is 13.7. The van der Waals surface area contributed by atoms with Crippen LogP contribution >= 0.6 is 11.3 Å². The fourth-order valence-corrected chi connectivity index (χ4v) is 3.60. The van der Waals surface area contributed by atoms with Crippen molar-refractivity contribution in [3.8, 4) is 11.8 Å². The molecule has 0 saturated carbocycles. The zero-order valence-electron chi connectivity index (χ0n) is 14.2. The van der Waals surface area contributed by atoms with Gasteiger partial charge in [0.15, 0.2) is 0 Å². The zero-order chi connectivity index (χ0) is 18.7. The molecule has 3 rings (SSSR count). The second-order valence-electron chi connectivity index (χ2n) is 5.51. The molecular weight excluding hydrogens is 348 g/mol. The molecule has 0 bridgehead atoms. The van der Waals surface area contributed by atoms with Crippen LogP contribution in [0.5, 0.6) is 5.75 Å². The Morgan fingerprint density at radius 1 is 1.35 bits per heavy atom. The SMILES string of the molecule is COc1ccc2ccccc2c1C=NNC(=O)c1sc(N)c(C#N)c1C. The van der Waals surface area contributed by atoms with Gasteiger partial charge in [-0.2, -0.15) is 10.4 Å². The smallest absolute Gasteiger partial charge is 0.281 e. The molecule has 1 aromatic heterocycles. The van der Waals surface area contributed by atoms with Crippen molar-refractivity contribution in [3.63, 3.8) is 0 Å². The zero-order valence-corrected chi connectivity index (χ0v) is 15.1. The van der Waals surface area contributed by atoms with Crippen LogP contribution < -0.4 is 15.9 Å². The first-order chi connectivity index (χ1) is 12.6. The number of hydrazone groups is 1. The minimum absolute atomic E-state index is 0.329. The number of nitrogen functional groups attached to an aromatic ring is 1. The summed E-state index contributed by atoms with van der Waals surface area (Å²) in [4.78, 5) is 12.7. The average molecular weight is 364 g/mol. The molecule has 0 unspecified atom stereocenters. The number of carbonyl (C=O) groups excluding carboxylic acids is 1. The summed E-state index contributed by atoms with van der Waals surface area (Å²) in [5.74, 6) is 0.251. The van der Waals surface area contributed by atoms with Crippen LogP contribution in [-0.2, 0) is 0 Å². The van der Waals surface area contributed by atoms with E-state index in [4.69, 9.17) is 15.7 Å². The number of benzene rings is 2. The molecule has 0 atom stereocenters. The Kier molecular flexibility index (Phi) is 4.87. The number of nitrogens with one attached hydrogen (secondary N) is 1. The Bertz CT molecular complexity index is 1060. The molecule has 3 aromatic rings. The monoisotopic (exact) mass is 364 g/mol. The lowest BCUT2D eigenvalue weighted by Gasteiger charge is -2.08. The molecule has 0 radical (unpaired) electrons. The van der Waals surface area contributed by atoms with E-state index >= 15 is 0 Å². The molecule has 0 fully saturated rings. The Balaban J connectivity index is 1.89. The summed E-state index contributed by atoms with van der Waals surface area (Å²) in [5, 5.41) is 15.5. The second kappa shape index (κ2) is 7.25. The summed E-state index contributed by atoms with van der Waals surface area (Å²) >= 11 is 1.07. The maximum absolute atomic E-state index is 12.3. The van der Waals surface area contributed by atoms with Gasteiger partial charge in [-0.15, -0.1) is 11.3 Å². The maximum Gasteiger partial charge on any atom is 0.281 e. The van der Waals surface area contributed by atoms with Gasteiger partial charge >= 0.3 is 0 Å². The van der Waals surface area contributed by atoms with Crippen molar-refractivity contribution in [2.75, 3.05) is 12.8 Å². The number of fused-ring (bicyclic) bond motifs is 1. The van der Waals surface area contributed by atoms with E-state index in [1.165, 1.54) is 0 Å². The topological polar surface area (TPSA) is 100 Å². The number of hydrogen-bond acceptors (Lipinski definition) is 6. The van der Waals surface area contributed by atoms with Crippen molar-refractivity contribution in [3.05, 3.63) is 58.0 Å². The number of nitrogens with two attached hydrogens (primary N) is 1. The van der Waals surface area contributed by atoms with Crippen molar-refractivity contribution in [1.29, 1.82) is 5.26 Å². The minimum Gasteiger partial charge on any atom is -0.496 e. The van der Waals surface area contributed by atoms with Crippen LogP contribution in [0, 0.1) is 18.3 Å². The number of amides is 1. The second-order valence-corrected chi connectivity index (χ2v) is 6.56. The normalized spacial score (nSPS) is 10.8. The third-order valence-electron chi connectivity index (χ3n) is 4.00. The van der Waals surface area contributed by atoms with E-state index in [0.29, 0.717) is 26.8 Å². The summed E-state index contributed by atoms with van der Waals surface area (Å²) in [6.45, 7) is 1.69. The minimum atomic E-state index is -0.406. The summed E-state index contributed by atoms with van der Waals surface area (Å²) in [7, 11) is 1.58. The molecule has 0 saturated heterocycles. The molecule has 0 aliphatic carbocycles. The van der Waals surface area contributed by atoms with Crippen molar-refractivity contribution in [2.45, 2.75) is 6.92 Å². The molecule has 0 spiro atoms. The quantitative estimate of drug-likeness (QED) is 0.547. The highest BCUT2D eigenvalue weighted by atomic mass is 32.1. The molecule has 26 heavy (non-hydrogen) atoms. The Labute approximate surface area is 154 Å². The molecule has 7 heteroatoms. The molecule has 130 valence electrons. The van der Waals surface area contributed by atoms with Crippen LogP contribution in [0.1, 0.15) is 26.4 Å². The van der Waals surface area contributed by atoms with E-state index in [0.717, 1.165) is 27.7 Å². The van der Waals surface area contributed by atoms with Crippen LogP contribution in [0.2, 0.25) is 0 Å². The van der Waals surface area contributed by atoms with E-state index in [1.54, 1.807) is 20.2 Å². The molecule has 6 nitrogen and oxygen atoms in total. The highest BCUT2D eigenvalue weighted by Crippen LogP contribution is 2.30. The van der Waals surface area contributed by atoms with Gasteiger partial charge in [-0.3, -0.25) is 4.79 Å².